The molecule has 1 heterocycles. The van der Waals surface area contributed by atoms with Gasteiger partial charge in [0.1, 0.15) is 16.9 Å². The summed E-state index contributed by atoms with van der Waals surface area (Å²) in [6, 6.07) is 13.2. The van der Waals surface area contributed by atoms with Crippen LogP contribution in [0.3, 0.4) is 0 Å². The lowest BCUT2D eigenvalue weighted by Gasteiger charge is -2.08. The molecule has 2 aromatic carbocycles. The van der Waals surface area contributed by atoms with Gasteiger partial charge < -0.3 is 14.5 Å². The number of esters is 1. The van der Waals surface area contributed by atoms with Crippen molar-refractivity contribution in [1.82, 2.24) is 5.32 Å². The number of hydrogen-bond acceptors (Lipinski definition) is 5. The van der Waals surface area contributed by atoms with E-state index in [9.17, 15) is 14.4 Å². The van der Waals surface area contributed by atoms with Crippen molar-refractivity contribution in [2.24, 2.45) is 5.92 Å². The summed E-state index contributed by atoms with van der Waals surface area (Å²) in [5.41, 5.74) is 0.898. The minimum atomic E-state index is -0.740. The Balaban J connectivity index is 1.83. The van der Waals surface area contributed by atoms with Crippen LogP contribution >= 0.6 is 0 Å². The summed E-state index contributed by atoms with van der Waals surface area (Å²) in [7, 11) is 0. The molecule has 0 aliphatic heterocycles. The van der Waals surface area contributed by atoms with Gasteiger partial charge in [-0.3, -0.25) is 4.79 Å². The number of benzene rings is 2. The Hall–Kier alpha value is -3.41. The number of carbonyl (C=O) groups is 2. The summed E-state index contributed by atoms with van der Waals surface area (Å²) >= 11 is 0. The lowest BCUT2D eigenvalue weighted by Crippen LogP contribution is -2.31. The van der Waals surface area contributed by atoms with Gasteiger partial charge in [-0.05, 0) is 43.2 Å². The van der Waals surface area contributed by atoms with Gasteiger partial charge in [-0.2, -0.15) is 0 Å². The number of fused-ring (bicyclic) bond motifs is 1. The lowest BCUT2D eigenvalue weighted by atomic mass is 10.1. The van der Waals surface area contributed by atoms with Crippen LogP contribution in [0.25, 0.3) is 11.0 Å². The van der Waals surface area contributed by atoms with Gasteiger partial charge in [-0.1, -0.05) is 31.5 Å². The van der Waals surface area contributed by atoms with Gasteiger partial charge in [0.2, 0.25) is 0 Å². The Kier molecular flexibility index (Phi) is 5.59. The van der Waals surface area contributed by atoms with Crippen molar-refractivity contribution in [2.75, 3.05) is 6.54 Å². The predicted octanol–water partition coefficient (Wildman–Crippen LogP) is 3.71. The zero-order valence-corrected chi connectivity index (χ0v) is 15.9. The molecule has 0 aliphatic rings. The molecule has 0 saturated heterocycles. The number of amides is 1. The fourth-order valence-corrected chi connectivity index (χ4v) is 2.56. The first kappa shape index (κ1) is 19.4. The zero-order valence-electron chi connectivity index (χ0n) is 15.9. The maximum Gasteiger partial charge on any atom is 0.349 e. The molecular weight excluding hydrogens is 358 g/mol. The van der Waals surface area contributed by atoms with Crippen LogP contribution in [0, 0.1) is 12.8 Å². The SMILES string of the molecule is Cc1ccc(C(=O)Oc2ccc3cc(C(=O)NCC(C)C)c(=O)oc3c2)cc1. The second kappa shape index (κ2) is 8.08. The summed E-state index contributed by atoms with van der Waals surface area (Å²) in [5.74, 6) is -0.467. The van der Waals surface area contributed by atoms with E-state index in [0.29, 0.717) is 17.5 Å². The molecule has 144 valence electrons. The van der Waals surface area contributed by atoms with E-state index in [1.807, 2.05) is 32.9 Å². The highest BCUT2D eigenvalue weighted by atomic mass is 16.5. The number of aryl methyl sites for hydroxylation is 1. The van der Waals surface area contributed by atoms with E-state index in [1.165, 1.54) is 12.1 Å². The Morgan fingerprint density at radius 1 is 1.07 bits per heavy atom. The summed E-state index contributed by atoms with van der Waals surface area (Å²) < 4.78 is 10.6. The molecule has 0 bridgehead atoms. The maximum absolute atomic E-state index is 12.2. The number of hydrogen-bond donors (Lipinski definition) is 1. The molecule has 28 heavy (non-hydrogen) atoms. The van der Waals surface area contributed by atoms with Crippen LogP contribution in [0.1, 0.15) is 40.1 Å². The average molecular weight is 379 g/mol. The van der Waals surface area contributed by atoms with Crippen molar-refractivity contribution in [3.63, 3.8) is 0 Å². The number of rotatable bonds is 5. The average Bonchev–Trinajstić information content (AvgIpc) is 2.66. The van der Waals surface area contributed by atoms with Crippen LogP contribution in [-0.2, 0) is 0 Å². The van der Waals surface area contributed by atoms with Gasteiger partial charge in [0.05, 0.1) is 5.56 Å². The van der Waals surface area contributed by atoms with E-state index in [2.05, 4.69) is 5.32 Å². The van der Waals surface area contributed by atoms with Crippen LogP contribution in [0.4, 0.5) is 0 Å². The van der Waals surface area contributed by atoms with Crippen molar-refractivity contribution in [3.8, 4) is 5.75 Å². The monoisotopic (exact) mass is 379 g/mol. The van der Waals surface area contributed by atoms with Crippen molar-refractivity contribution in [3.05, 3.63) is 75.6 Å². The Morgan fingerprint density at radius 2 is 1.79 bits per heavy atom. The highest BCUT2D eigenvalue weighted by molar-refractivity contribution is 5.97. The molecule has 1 amide bonds. The molecule has 3 rings (SSSR count). The minimum absolute atomic E-state index is 0.0578. The van der Waals surface area contributed by atoms with Crippen molar-refractivity contribution < 1.29 is 18.7 Å². The van der Waals surface area contributed by atoms with Crippen LogP contribution in [0.5, 0.6) is 5.75 Å². The van der Waals surface area contributed by atoms with E-state index in [0.717, 1.165) is 5.56 Å². The van der Waals surface area contributed by atoms with Gasteiger partial charge in [0.15, 0.2) is 0 Å². The molecule has 0 fully saturated rings. The van der Waals surface area contributed by atoms with Crippen molar-refractivity contribution in [2.45, 2.75) is 20.8 Å². The van der Waals surface area contributed by atoms with Gasteiger partial charge >= 0.3 is 11.6 Å². The van der Waals surface area contributed by atoms with Crippen LogP contribution in [0.15, 0.2) is 57.7 Å². The summed E-state index contributed by atoms with van der Waals surface area (Å²) in [5, 5.41) is 3.25. The number of carbonyl (C=O) groups excluding carboxylic acids is 2. The van der Waals surface area contributed by atoms with Crippen LogP contribution in [-0.4, -0.2) is 18.4 Å². The molecular formula is C22H21NO5. The molecule has 1 aromatic heterocycles. The molecule has 0 radical (unpaired) electrons. The number of nitrogens with one attached hydrogen (secondary N) is 1. The van der Waals surface area contributed by atoms with Gasteiger partial charge in [-0.15, -0.1) is 0 Å². The molecule has 0 unspecified atom stereocenters. The van der Waals surface area contributed by atoms with E-state index < -0.39 is 17.5 Å². The van der Waals surface area contributed by atoms with Crippen LogP contribution < -0.4 is 15.7 Å². The van der Waals surface area contributed by atoms with E-state index in [4.69, 9.17) is 9.15 Å². The van der Waals surface area contributed by atoms with Crippen molar-refractivity contribution >= 4 is 22.8 Å². The number of ether oxygens (including phenoxy) is 1. The minimum Gasteiger partial charge on any atom is -0.423 e. The van der Waals surface area contributed by atoms with Gasteiger partial charge in [-0.25, -0.2) is 9.59 Å². The first-order valence-corrected chi connectivity index (χ1v) is 8.98. The zero-order chi connectivity index (χ0) is 20.3. The van der Waals surface area contributed by atoms with Crippen LogP contribution in [0.2, 0.25) is 0 Å². The van der Waals surface area contributed by atoms with Gasteiger partial charge in [0, 0.05) is 18.0 Å². The third-order valence-electron chi connectivity index (χ3n) is 4.12. The molecule has 0 aliphatic carbocycles. The summed E-state index contributed by atoms with van der Waals surface area (Å²) in [6.45, 7) is 6.31. The van der Waals surface area contributed by atoms with E-state index in [-0.39, 0.29) is 22.8 Å². The highest BCUT2D eigenvalue weighted by Gasteiger charge is 2.15. The third-order valence-corrected chi connectivity index (χ3v) is 4.12. The predicted molar refractivity (Wildman–Crippen MR) is 106 cm³/mol. The summed E-state index contributed by atoms with van der Waals surface area (Å²) in [4.78, 5) is 36.6. The standard InChI is InChI=1S/C22H21NO5/c1-13(2)12-23-20(24)18-10-16-8-9-17(11-19(16)28-22(18)26)27-21(25)15-6-4-14(3)5-7-15/h4-11,13H,12H2,1-3H3,(H,23,24). The second-order valence-electron chi connectivity index (χ2n) is 7.01. The van der Waals surface area contributed by atoms with E-state index >= 15 is 0 Å². The fourth-order valence-electron chi connectivity index (χ4n) is 2.56. The molecule has 1 N–H and O–H groups in total. The van der Waals surface area contributed by atoms with Gasteiger partial charge in [0.25, 0.3) is 5.91 Å². The molecule has 6 nitrogen and oxygen atoms in total. The molecule has 3 aromatic rings. The highest BCUT2D eigenvalue weighted by Crippen LogP contribution is 2.21. The topological polar surface area (TPSA) is 85.6 Å². The molecule has 6 heteroatoms. The maximum atomic E-state index is 12.2. The third kappa shape index (κ3) is 4.46. The quantitative estimate of drug-likeness (QED) is 0.415. The molecule has 0 spiro atoms. The Morgan fingerprint density at radius 3 is 2.46 bits per heavy atom. The fraction of sp³-hybridized carbons (Fsp3) is 0.227. The second-order valence-corrected chi connectivity index (χ2v) is 7.01. The molecule has 0 saturated carbocycles. The first-order valence-electron chi connectivity index (χ1n) is 8.98. The smallest absolute Gasteiger partial charge is 0.349 e. The Labute approximate surface area is 162 Å². The van der Waals surface area contributed by atoms with Crippen molar-refractivity contribution in [1.29, 1.82) is 0 Å². The largest absolute Gasteiger partial charge is 0.423 e. The summed E-state index contributed by atoms with van der Waals surface area (Å²) in [6.07, 6.45) is 0. The van der Waals surface area contributed by atoms with E-state index in [1.54, 1.807) is 24.3 Å². The normalized spacial score (nSPS) is 10.9. The first-order chi connectivity index (χ1) is 13.3. The lowest BCUT2D eigenvalue weighted by molar-refractivity contribution is 0.0734. The molecule has 0 atom stereocenters. The Bertz CT molecular complexity index is 1080.